The van der Waals surface area contributed by atoms with Gasteiger partial charge in [0.15, 0.2) is 5.78 Å². The van der Waals surface area contributed by atoms with Crippen LogP contribution in [0.3, 0.4) is 0 Å². The summed E-state index contributed by atoms with van der Waals surface area (Å²) in [4.78, 5) is 25.8. The van der Waals surface area contributed by atoms with E-state index in [1.807, 2.05) is 13.8 Å². The van der Waals surface area contributed by atoms with E-state index in [1.165, 1.54) is 6.08 Å². The van der Waals surface area contributed by atoms with Gasteiger partial charge in [0.2, 0.25) is 0 Å². The summed E-state index contributed by atoms with van der Waals surface area (Å²) in [5.41, 5.74) is -0.482. The lowest BCUT2D eigenvalue weighted by Crippen LogP contribution is -2.64. The molecule has 4 fully saturated rings. The average molecular weight is 487 g/mol. The van der Waals surface area contributed by atoms with E-state index in [2.05, 4.69) is 13.8 Å². The molecular formula is C28H38O7. The number of hydrogen-bond acceptors (Lipinski definition) is 7. The van der Waals surface area contributed by atoms with Crippen molar-refractivity contribution in [3.05, 3.63) is 23.3 Å². The number of ketones is 1. The lowest BCUT2D eigenvalue weighted by Gasteiger charge is -2.58. The molecule has 6 rings (SSSR count). The second kappa shape index (κ2) is 7.50. The Labute approximate surface area is 206 Å². The minimum Gasteiger partial charge on any atom is -0.458 e. The van der Waals surface area contributed by atoms with E-state index < -0.39 is 29.2 Å². The fraction of sp³-hybridized carbons (Fsp3) is 0.786. The van der Waals surface area contributed by atoms with Crippen LogP contribution in [-0.2, 0) is 19.1 Å². The van der Waals surface area contributed by atoms with Gasteiger partial charge >= 0.3 is 5.97 Å². The molecule has 2 aliphatic heterocycles. The number of ether oxygens (including phenoxy) is 2. The fourth-order valence-electron chi connectivity index (χ4n) is 9.72. The number of cyclic esters (lactones) is 1. The van der Waals surface area contributed by atoms with Gasteiger partial charge in [-0.1, -0.05) is 19.4 Å². The minimum absolute atomic E-state index is 0.0347. The molecule has 3 saturated carbocycles. The maximum Gasteiger partial charge on any atom is 0.336 e. The lowest BCUT2D eigenvalue weighted by atomic mass is 9.44. The van der Waals surface area contributed by atoms with Crippen LogP contribution in [-0.4, -0.2) is 63.7 Å². The highest BCUT2D eigenvalue weighted by Crippen LogP contribution is 2.73. The molecule has 1 saturated heterocycles. The highest BCUT2D eigenvalue weighted by atomic mass is 16.6. The summed E-state index contributed by atoms with van der Waals surface area (Å²) in [5.74, 6) is 0.0842. The van der Waals surface area contributed by atoms with Crippen LogP contribution < -0.4 is 0 Å². The quantitative estimate of drug-likeness (QED) is 0.414. The van der Waals surface area contributed by atoms with E-state index in [9.17, 15) is 24.9 Å². The Morgan fingerprint density at radius 3 is 2.63 bits per heavy atom. The summed E-state index contributed by atoms with van der Waals surface area (Å²) >= 11 is 0. The Hall–Kier alpha value is -1.54. The molecule has 0 aromatic heterocycles. The predicted molar refractivity (Wildman–Crippen MR) is 126 cm³/mol. The molecule has 0 aromatic rings. The number of fused-ring (bicyclic) bond motifs is 4. The number of esters is 1. The average Bonchev–Trinajstić information content (AvgIpc) is 3.48. The zero-order valence-corrected chi connectivity index (χ0v) is 21.1. The van der Waals surface area contributed by atoms with E-state index >= 15 is 0 Å². The number of carbonyl (C=O) groups excluding carboxylic acids is 2. The van der Waals surface area contributed by atoms with Gasteiger partial charge in [-0.3, -0.25) is 4.79 Å². The molecule has 3 N–H and O–H groups in total. The molecule has 2 heterocycles. The van der Waals surface area contributed by atoms with Gasteiger partial charge in [-0.25, -0.2) is 4.79 Å². The fourth-order valence-corrected chi connectivity index (χ4v) is 9.72. The molecule has 0 bridgehead atoms. The van der Waals surface area contributed by atoms with Crippen molar-refractivity contribution in [1.82, 2.24) is 0 Å². The highest BCUT2D eigenvalue weighted by molar-refractivity contribution is 5.98. The first-order valence-corrected chi connectivity index (χ1v) is 13.3. The first-order chi connectivity index (χ1) is 16.5. The number of carbonyl (C=O) groups is 2. The number of rotatable bonds is 3. The van der Waals surface area contributed by atoms with Crippen LogP contribution in [0.15, 0.2) is 23.3 Å². The molecule has 12 atom stereocenters. The third-order valence-corrected chi connectivity index (χ3v) is 11.6. The van der Waals surface area contributed by atoms with Gasteiger partial charge in [-0.2, -0.15) is 0 Å². The molecule has 192 valence electrons. The molecule has 6 aliphatic rings. The molecule has 4 aliphatic carbocycles. The molecule has 7 nitrogen and oxygen atoms in total. The van der Waals surface area contributed by atoms with Crippen molar-refractivity contribution in [2.24, 2.45) is 40.4 Å². The summed E-state index contributed by atoms with van der Waals surface area (Å²) in [6.07, 6.45) is 5.19. The number of aliphatic hydroxyl groups excluding tert-OH is 3. The molecule has 0 aromatic carbocycles. The Kier molecular flexibility index (Phi) is 5.11. The highest BCUT2D eigenvalue weighted by Gasteiger charge is 2.80. The summed E-state index contributed by atoms with van der Waals surface area (Å²) in [7, 11) is 0. The summed E-state index contributed by atoms with van der Waals surface area (Å²) in [6.45, 7) is 7.99. The van der Waals surface area contributed by atoms with Crippen molar-refractivity contribution in [3.63, 3.8) is 0 Å². The van der Waals surface area contributed by atoms with E-state index in [1.54, 1.807) is 6.08 Å². The van der Waals surface area contributed by atoms with E-state index in [4.69, 9.17) is 9.47 Å². The summed E-state index contributed by atoms with van der Waals surface area (Å²) in [5, 5.41) is 31.8. The third kappa shape index (κ3) is 2.81. The van der Waals surface area contributed by atoms with Gasteiger partial charge in [0.25, 0.3) is 0 Å². The topological polar surface area (TPSA) is 117 Å². The SMILES string of the molecule is CC1=C(CO)C(=O)O[C@H]([C@@H](C)[C@H]2C[C@@H](O)[C@H]3[C@@H]4C[C@H]5O[C@]56[C@@H](O)C=CC(=O)[C@]6(C)[C@H]4CC[C@@]32C)C1. The van der Waals surface area contributed by atoms with E-state index in [0.29, 0.717) is 18.4 Å². The van der Waals surface area contributed by atoms with Crippen LogP contribution in [0.2, 0.25) is 0 Å². The first kappa shape index (κ1) is 23.8. The molecular weight excluding hydrogens is 448 g/mol. The zero-order chi connectivity index (χ0) is 25.1. The van der Waals surface area contributed by atoms with Crippen LogP contribution in [0.5, 0.6) is 0 Å². The van der Waals surface area contributed by atoms with E-state index in [-0.39, 0.29) is 59.6 Å². The molecule has 0 amide bonds. The lowest BCUT2D eigenvalue weighted by molar-refractivity contribution is -0.158. The van der Waals surface area contributed by atoms with Gasteiger partial charge < -0.3 is 24.8 Å². The number of aliphatic hydroxyl groups is 3. The van der Waals surface area contributed by atoms with Crippen molar-refractivity contribution < 1.29 is 34.4 Å². The minimum atomic E-state index is -0.811. The van der Waals surface area contributed by atoms with Crippen LogP contribution in [0.4, 0.5) is 0 Å². The van der Waals surface area contributed by atoms with Gasteiger partial charge in [0.05, 0.1) is 29.8 Å². The van der Waals surface area contributed by atoms with Gasteiger partial charge in [0.1, 0.15) is 17.8 Å². The molecule has 0 unspecified atom stereocenters. The van der Waals surface area contributed by atoms with Crippen LogP contribution in [0.25, 0.3) is 0 Å². The monoisotopic (exact) mass is 486 g/mol. The van der Waals surface area contributed by atoms with Crippen molar-refractivity contribution in [1.29, 1.82) is 0 Å². The van der Waals surface area contributed by atoms with Gasteiger partial charge in [-0.15, -0.1) is 0 Å². The standard InChI is InChI=1S/C28H38O7/c1-13-9-20(34-25(33)16(13)12-29)14(2)18-11-19(30)24-15-10-23-28(35-23)22(32)6-5-21(31)27(28,4)17(15)7-8-26(18,24)3/h5-6,14-15,17-20,22-24,29-30,32H,7-12H2,1-4H3/t14-,15+,17-,18+,19+,20-,22-,23+,24+,26+,27-,28+/m0/s1. The predicted octanol–water partition coefficient (Wildman–Crippen LogP) is 2.32. The van der Waals surface area contributed by atoms with Crippen LogP contribution in [0.1, 0.15) is 59.8 Å². The van der Waals surface area contributed by atoms with Gasteiger partial charge in [-0.05, 0) is 86.7 Å². The number of allylic oxidation sites excluding steroid dienone is 1. The molecule has 35 heavy (non-hydrogen) atoms. The first-order valence-electron chi connectivity index (χ1n) is 13.3. The van der Waals surface area contributed by atoms with Crippen molar-refractivity contribution >= 4 is 11.8 Å². The third-order valence-electron chi connectivity index (χ3n) is 11.6. The Morgan fingerprint density at radius 2 is 1.94 bits per heavy atom. The van der Waals surface area contributed by atoms with Crippen molar-refractivity contribution in [2.75, 3.05) is 6.61 Å². The second-order valence-corrected chi connectivity index (χ2v) is 12.7. The van der Waals surface area contributed by atoms with Crippen molar-refractivity contribution in [3.8, 4) is 0 Å². The second-order valence-electron chi connectivity index (χ2n) is 12.7. The molecule has 0 radical (unpaired) electrons. The normalized spacial score (nSPS) is 53.3. The maximum atomic E-state index is 13.3. The van der Waals surface area contributed by atoms with Crippen LogP contribution >= 0.6 is 0 Å². The molecule has 1 spiro atoms. The largest absolute Gasteiger partial charge is 0.458 e. The van der Waals surface area contributed by atoms with Crippen LogP contribution in [0, 0.1) is 40.4 Å². The van der Waals surface area contributed by atoms with E-state index in [0.717, 1.165) is 24.8 Å². The van der Waals surface area contributed by atoms with Gasteiger partial charge in [0, 0.05) is 6.42 Å². The Balaban J connectivity index is 1.30. The van der Waals surface area contributed by atoms with Crippen molar-refractivity contribution in [2.45, 2.75) is 89.8 Å². The Morgan fingerprint density at radius 1 is 1.20 bits per heavy atom. The maximum absolute atomic E-state index is 13.3. The summed E-state index contributed by atoms with van der Waals surface area (Å²) in [6, 6.07) is 0. The molecule has 7 heteroatoms. The zero-order valence-electron chi connectivity index (χ0n) is 21.1. The smallest absolute Gasteiger partial charge is 0.336 e. The number of hydrogen-bond donors (Lipinski definition) is 3. The summed E-state index contributed by atoms with van der Waals surface area (Å²) < 4.78 is 12.0. The number of epoxide rings is 1. The Bertz CT molecular complexity index is 1030.